The predicted molar refractivity (Wildman–Crippen MR) is 86.5 cm³/mol. The Hall–Kier alpha value is -1.30. The molecule has 0 spiro atoms. The fourth-order valence-electron chi connectivity index (χ4n) is 1.80. The van der Waals surface area contributed by atoms with E-state index in [1.54, 1.807) is 16.8 Å². The molecule has 96 valence electrons. The molecule has 1 heterocycles. The summed E-state index contributed by atoms with van der Waals surface area (Å²) in [6, 6.07) is 9.52. The molecule has 3 aromatic rings. The molecule has 0 fully saturated rings. The van der Waals surface area contributed by atoms with E-state index in [1.807, 2.05) is 30.3 Å². The lowest BCUT2D eigenvalue weighted by Crippen LogP contribution is -1.97. The first-order chi connectivity index (χ1) is 9.15. The molecule has 3 rings (SSSR count). The number of nitrogens with zero attached hydrogens (tertiary/aromatic N) is 1. The molecule has 0 saturated heterocycles. The zero-order valence-corrected chi connectivity index (χ0v) is 12.8. The summed E-state index contributed by atoms with van der Waals surface area (Å²) in [5.74, 6) is 0. The largest absolute Gasteiger partial charge is 0.395 e. The highest BCUT2D eigenvalue weighted by Gasteiger charge is 2.08. The van der Waals surface area contributed by atoms with Crippen LogP contribution in [0, 0.1) is 0 Å². The molecule has 0 aliphatic carbocycles. The minimum Gasteiger partial charge on any atom is -0.395 e. The second-order valence-corrected chi connectivity index (χ2v) is 6.15. The third-order valence-electron chi connectivity index (χ3n) is 2.74. The second kappa shape index (κ2) is 5.00. The standard InChI is InChI=1S/C13H9BrClN3S/c14-8-5-7(15)1-2-9(8)18-10-3-4-11-13(12(10)16)17-6-19-11/h1-6,18H,16H2. The molecular weight excluding hydrogens is 346 g/mol. The lowest BCUT2D eigenvalue weighted by molar-refractivity contribution is 1.48. The van der Waals surface area contributed by atoms with Crippen LogP contribution < -0.4 is 11.1 Å². The second-order valence-electron chi connectivity index (χ2n) is 3.98. The molecule has 6 heteroatoms. The topological polar surface area (TPSA) is 50.9 Å². The maximum absolute atomic E-state index is 6.13. The fraction of sp³-hybridized carbons (Fsp3) is 0. The number of rotatable bonds is 2. The molecule has 1 aromatic heterocycles. The first-order valence-electron chi connectivity index (χ1n) is 5.49. The van der Waals surface area contributed by atoms with Crippen LogP contribution >= 0.6 is 38.9 Å². The van der Waals surface area contributed by atoms with Crippen LogP contribution in [0.2, 0.25) is 5.02 Å². The van der Waals surface area contributed by atoms with Gasteiger partial charge in [0, 0.05) is 9.50 Å². The van der Waals surface area contributed by atoms with Gasteiger partial charge in [-0.25, -0.2) is 4.98 Å². The molecule has 0 saturated carbocycles. The Morgan fingerprint density at radius 2 is 2.00 bits per heavy atom. The van der Waals surface area contributed by atoms with Crippen LogP contribution in [0.25, 0.3) is 10.2 Å². The van der Waals surface area contributed by atoms with E-state index in [0.29, 0.717) is 10.7 Å². The van der Waals surface area contributed by atoms with Crippen molar-refractivity contribution in [2.45, 2.75) is 0 Å². The van der Waals surface area contributed by atoms with Crippen molar-refractivity contribution in [3.63, 3.8) is 0 Å². The summed E-state index contributed by atoms with van der Waals surface area (Å²) in [7, 11) is 0. The van der Waals surface area contributed by atoms with Gasteiger partial charge < -0.3 is 11.1 Å². The van der Waals surface area contributed by atoms with Crippen molar-refractivity contribution in [2.24, 2.45) is 0 Å². The lowest BCUT2D eigenvalue weighted by Gasteiger charge is -2.11. The lowest BCUT2D eigenvalue weighted by atomic mass is 10.2. The average Bonchev–Trinajstić information content (AvgIpc) is 2.85. The van der Waals surface area contributed by atoms with Crippen molar-refractivity contribution < 1.29 is 0 Å². The summed E-state index contributed by atoms with van der Waals surface area (Å²) < 4.78 is 1.97. The van der Waals surface area contributed by atoms with Gasteiger partial charge in [0.05, 0.1) is 27.3 Å². The number of nitrogens with one attached hydrogen (secondary N) is 1. The van der Waals surface area contributed by atoms with E-state index in [2.05, 4.69) is 26.2 Å². The van der Waals surface area contributed by atoms with Gasteiger partial charge in [0.1, 0.15) is 5.52 Å². The Morgan fingerprint density at radius 1 is 1.21 bits per heavy atom. The summed E-state index contributed by atoms with van der Waals surface area (Å²) in [6.07, 6.45) is 0. The molecule has 0 aliphatic rings. The first kappa shape index (κ1) is 12.7. The van der Waals surface area contributed by atoms with Gasteiger partial charge in [-0.3, -0.25) is 0 Å². The van der Waals surface area contributed by atoms with E-state index in [9.17, 15) is 0 Å². The molecule has 0 unspecified atom stereocenters. The highest BCUT2D eigenvalue weighted by molar-refractivity contribution is 9.10. The molecule has 0 atom stereocenters. The van der Waals surface area contributed by atoms with Crippen molar-refractivity contribution in [1.82, 2.24) is 4.98 Å². The molecule has 3 N–H and O–H groups in total. The third-order valence-corrected chi connectivity index (χ3v) is 4.43. The maximum atomic E-state index is 6.13. The van der Waals surface area contributed by atoms with Gasteiger partial charge in [-0.05, 0) is 46.3 Å². The van der Waals surface area contributed by atoms with Crippen LogP contribution in [0.1, 0.15) is 0 Å². The average molecular weight is 355 g/mol. The Kier molecular flexibility index (Phi) is 3.35. The Balaban J connectivity index is 2.03. The number of benzene rings is 2. The number of aromatic nitrogens is 1. The number of nitrogens with two attached hydrogens (primary N) is 1. The van der Waals surface area contributed by atoms with Crippen molar-refractivity contribution in [2.75, 3.05) is 11.1 Å². The minimum absolute atomic E-state index is 0.653. The molecule has 0 bridgehead atoms. The number of nitrogen functional groups attached to an aromatic ring is 1. The van der Waals surface area contributed by atoms with Crippen molar-refractivity contribution in [3.05, 3.63) is 45.3 Å². The molecule has 0 amide bonds. The molecule has 0 aliphatic heterocycles. The van der Waals surface area contributed by atoms with E-state index < -0.39 is 0 Å². The predicted octanol–water partition coefficient (Wildman–Crippen LogP) is 5.04. The quantitative estimate of drug-likeness (QED) is 0.634. The smallest absolute Gasteiger partial charge is 0.106 e. The van der Waals surface area contributed by atoms with Gasteiger partial charge in [0.15, 0.2) is 0 Å². The van der Waals surface area contributed by atoms with Crippen LogP contribution in [0.5, 0.6) is 0 Å². The fourth-order valence-corrected chi connectivity index (χ4v) is 3.27. The number of halogens is 2. The number of anilines is 3. The maximum Gasteiger partial charge on any atom is 0.106 e. The molecule has 3 nitrogen and oxygen atoms in total. The van der Waals surface area contributed by atoms with E-state index >= 15 is 0 Å². The third kappa shape index (κ3) is 2.41. The van der Waals surface area contributed by atoms with Crippen molar-refractivity contribution in [3.8, 4) is 0 Å². The highest BCUT2D eigenvalue weighted by Crippen LogP contribution is 2.34. The van der Waals surface area contributed by atoms with Gasteiger partial charge in [-0.2, -0.15) is 0 Å². The zero-order valence-electron chi connectivity index (χ0n) is 9.65. The zero-order chi connectivity index (χ0) is 13.4. The summed E-state index contributed by atoms with van der Waals surface area (Å²) in [5.41, 5.74) is 11.2. The number of hydrogen-bond acceptors (Lipinski definition) is 4. The molecule has 0 radical (unpaired) electrons. The normalized spacial score (nSPS) is 10.8. The minimum atomic E-state index is 0.653. The van der Waals surface area contributed by atoms with Gasteiger partial charge in [0.2, 0.25) is 0 Å². The van der Waals surface area contributed by atoms with E-state index in [-0.39, 0.29) is 0 Å². The van der Waals surface area contributed by atoms with Crippen LogP contribution in [-0.2, 0) is 0 Å². The molecule has 2 aromatic carbocycles. The Labute approximate surface area is 127 Å². The van der Waals surface area contributed by atoms with Gasteiger partial charge in [-0.15, -0.1) is 11.3 Å². The van der Waals surface area contributed by atoms with Gasteiger partial charge in [0.25, 0.3) is 0 Å². The van der Waals surface area contributed by atoms with Gasteiger partial charge in [-0.1, -0.05) is 11.6 Å². The van der Waals surface area contributed by atoms with Crippen LogP contribution in [0.15, 0.2) is 40.3 Å². The van der Waals surface area contributed by atoms with Crippen LogP contribution in [0.3, 0.4) is 0 Å². The number of fused-ring (bicyclic) bond motifs is 1. The Morgan fingerprint density at radius 3 is 2.79 bits per heavy atom. The van der Waals surface area contributed by atoms with Crippen molar-refractivity contribution in [1.29, 1.82) is 0 Å². The first-order valence-corrected chi connectivity index (χ1v) is 7.54. The SMILES string of the molecule is Nc1c(Nc2ccc(Cl)cc2Br)ccc2scnc12. The summed E-state index contributed by atoms with van der Waals surface area (Å²) in [5, 5.41) is 3.96. The summed E-state index contributed by atoms with van der Waals surface area (Å²) >= 11 is 11.0. The molecule has 19 heavy (non-hydrogen) atoms. The molecular formula is C13H9BrClN3S. The van der Waals surface area contributed by atoms with Gasteiger partial charge >= 0.3 is 0 Å². The van der Waals surface area contributed by atoms with Crippen LogP contribution in [-0.4, -0.2) is 4.98 Å². The van der Waals surface area contributed by atoms with Crippen LogP contribution in [0.4, 0.5) is 17.1 Å². The van der Waals surface area contributed by atoms with E-state index in [1.165, 1.54) is 0 Å². The summed E-state index contributed by atoms with van der Waals surface area (Å²) in [4.78, 5) is 4.28. The highest BCUT2D eigenvalue weighted by atomic mass is 79.9. The van der Waals surface area contributed by atoms with E-state index in [0.717, 1.165) is 26.1 Å². The number of hydrogen-bond donors (Lipinski definition) is 2. The number of thiazole rings is 1. The van der Waals surface area contributed by atoms with E-state index in [4.69, 9.17) is 17.3 Å². The van der Waals surface area contributed by atoms with Crippen molar-refractivity contribution >= 4 is 66.1 Å². The monoisotopic (exact) mass is 353 g/mol. The summed E-state index contributed by atoms with van der Waals surface area (Å²) in [6.45, 7) is 0. The Bertz CT molecular complexity index is 757.